The normalized spacial score (nSPS) is 12.8. The smallest absolute Gasteiger partial charge is 0.305 e. The van der Waals surface area contributed by atoms with Crippen molar-refractivity contribution in [1.82, 2.24) is 5.32 Å². The third-order valence-electron chi connectivity index (χ3n) is 17.5. The zero-order chi connectivity index (χ0) is 61.3. The Kier molecular flexibility index (Phi) is 71.9. The summed E-state index contributed by atoms with van der Waals surface area (Å²) in [6.07, 6.45) is 99.0. The number of allylic oxidation sites excluding steroid dienone is 9. The van der Waals surface area contributed by atoms with Gasteiger partial charge in [-0.3, -0.25) is 9.59 Å². The quantitative estimate of drug-likeness (QED) is 0.0320. The van der Waals surface area contributed by atoms with Crippen LogP contribution in [0.4, 0.5) is 0 Å². The van der Waals surface area contributed by atoms with Gasteiger partial charge < -0.3 is 20.3 Å². The Bertz CT molecular complexity index is 1470. The van der Waals surface area contributed by atoms with Crippen LogP contribution in [0.1, 0.15) is 406 Å². The van der Waals surface area contributed by atoms with E-state index in [1.165, 1.54) is 321 Å². The molecule has 0 rings (SSSR count). The minimum absolute atomic E-state index is 0.00448. The van der Waals surface area contributed by atoms with Crippen molar-refractivity contribution in [1.29, 1.82) is 0 Å². The second kappa shape index (κ2) is 74.0. The highest BCUT2D eigenvalue weighted by Gasteiger charge is 2.18. The number of rotatable bonds is 71. The van der Waals surface area contributed by atoms with Crippen LogP contribution < -0.4 is 5.32 Å². The van der Waals surface area contributed by atoms with E-state index < -0.39 is 12.1 Å². The lowest BCUT2D eigenvalue weighted by molar-refractivity contribution is -0.143. The molecule has 0 bridgehead atoms. The maximum absolute atomic E-state index is 12.5. The van der Waals surface area contributed by atoms with E-state index in [2.05, 4.69) is 67.8 Å². The number of carbonyl (C=O) groups excluding carboxylic acids is 2. The molecule has 0 heterocycles. The van der Waals surface area contributed by atoms with Gasteiger partial charge in [0.1, 0.15) is 0 Å². The summed E-state index contributed by atoms with van der Waals surface area (Å²) in [5.74, 6) is -0.0585. The van der Waals surface area contributed by atoms with Gasteiger partial charge in [0.15, 0.2) is 0 Å². The summed E-state index contributed by atoms with van der Waals surface area (Å²) in [6, 6.07) is -0.627. The van der Waals surface area contributed by atoms with Crippen molar-refractivity contribution < 1.29 is 24.5 Å². The lowest BCUT2D eigenvalue weighted by Gasteiger charge is -2.20. The van der Waals surface area contributed by atoms with Crippen LogP contribution in [0, 0.1) is 0 Å². The number of esters is 1. The largest absolute Gasteiger partial charge is 0.466 e. The van der Waals surface area contributed by atoms with Gasteiger partial charge in [-0.2, -0.15) is 0 Å². The van der Waals surface area contributed by atoms with E-state index in [1.54, 1.807) is 6.08 Å². The molecule has 1 amide bonds. The first kappa shape index (κ1) is 82.6. The van der Waals surface area contributed by atoms with Crippen molar-refractivity contribution in [2.45, 2.75) is 418 Å². The fraction of sp³-hybridized carbons (Fsp3) is 0.848. The molecule has 0 aromatic carbocycles. The Balaban J connectivity index is 3.38. The summed E-state index contributed by atoms with van der Waals surface area (Å²) in [6.45, 7) is 4.90. The minimum Gasteiger partial charge on any atom is -0.466 e. The Morgan fingerprint density at radius 2 is 0.588 bits per heavy atom. The monoisotopic (exact) mass is 1190 g/mol. The lowest BCUT2D eigenvalue weighted by Crippen LogP contribution is -2.45. The molecule has 0 aliphatic carbocycles. The van der Waals surface area contributed by atoms with Crippen molar-refractivity contribution in [2.75, 3.05) is 13.2 Å². The van der Waals surface area contributed by atoms with Crippen molar-refractivity contribution in [3.8, 4) is 0 Å². The van der Waals surface area contributed by atoms with Crippen LogP contribution in [0.15, 0.2) is 60.8 Å². The van der Waals surface area contributed by atoms with Gasteiger partial charge >= 0.3 is 5.97 Å². The summed E-state index contributed by atoms with van der Waals surface area (Å²) in [4.78, 5) is 24.6. The highest BCUT2D eigenvalue weighted by Crippen LogP contribution is 2.18. The maximum Gasteiger partial charge on any atom is 0.305 e. The average molecular weight is 1190 g/mol. The average Bonchev–Trinajstić information content (AvgIpc) is 3.51. The number of ether oxygens (including phenoxy) is 1. The molecule has 0 radical (unpaired) electrons. The number of nitrogens with one attached hydrogen (secondary N) is 1. The number of hydrogen-bond donors (Lipinski definition) is 3. The molecule has 3 N–H and O–H groups in total. The standard InChI is InChI=1S/C79H147NO5/c1-3-5-7-9-11-13-15-17-19-44-47-51-55-59-63-67-71-77(82)76(75-81)80-78(83)72-68-64-60-56-52-48-45-41-39-37-35-33-31-29-27-25-23-21-20-22-24-26-28-30-32-34-36-38-40-42-46-50-54-58-62-66-70-74-85-79(84)73-69-65-61-57-53-49-43-18-16-14-12-10-8-6-4-2/h12,14,18,20,22,26,28,43,67,71,76-77,81-82H,3-11,13,15-17,19,21,23-25,27,29-42,44-66,68-70,72-75H2,1-2H3,(H,80,83)/b14-12-,22-20-,28-26-,43-18-,71-67+. The summed E-state index contributed by atoms with van der Waals surface area (Å²) < 4.78 is 5.49. The van der Waals surface area contributed by atoms with Crippen LogP contribution in [-0.2, 0) is 14.3 Å². The predicted molar refractivity (Wildman–Crippen MR) is 375 cm³/mol. The van der Waals surface area contributed by atoms with E-state index in [0.717, 1.165) is 57.8 Å². The molecule has 0 spiro atoms. The van der Waals surface area contributed by atoms with Gasteiger partial charge in [0.2, 0.25) is 5.91 Å². The molecule has 0 saturated carbocycles. The summed E-state index contributed by atoms with van der Waals surface area (Å²) >= 11 is 0. The van der Waals surface area contributed by atoms with Crippen LogP contribution >= 0.6 is 0 Å². The second-order valence-corrected chi connectivity index (χ2v) is 26.0. The molecule has 2 unspecified atom stereocenters. The molecule has 0 saturated heterocycles. The molecule has 0 aliphatic heterocycles. The Morgan fingerprint density at radius 1 is 0.329 bits per heavy atom. The van der Waals surface area contributed by atoms with Gasteiger partial charge in [-0.15, -0.1) is 0 Å². The van der Waals surface area contributed by atoms with Gasteiger partial charge in [0.25, 0.3) is 0 Å². The fourth-order valence-electron chi connectivity index (χ4n) is 11.7. The molecule has 0 aromatic rings. The van der Waals surface area contributed by atoms with Gasteiger partial charge in [0, 0.05) is 12.8 Å². The Labute approximate surface area is 530 Å². The summed E-state index contributed by atoms with van der Waals surface area (Å²) in [5.41, 5.74) is 0. The minimum atomic E-state index is -0.843. The third kappa shape index (κ3) is 70.5. The maximum atomic E-state index is 12.5. The van der Waals surface area contributed by atoms with Gasteiger partial charge in [-0.1, -0.05) is 357 Å². The number of hydrogen-bond acceptors (Lipinski definition) is 5. The molecular weight excluding hydrogens is 1040 g/mol. The molecule has 85 heavy (non-hydrogen) atoms. The van der Waals surface area contributed by atoms with E-state index in [9.17, 15) is 19.8 Å². The fourth-order valence-corrected chi connectivity index (χ4v) is 11.7. The van der Waals surface area contributed by atoms with Crippen LogP contribution in [0.25, 0.3) is 0 Å². The number of carbonyl (C=O) groups is 2. The molecule has 2 atom stereocenters. The molecule has 0 aliphatic rings. The molecule has 0 aromatic heterocycles. The first-order valence-electron chi connectivity index (χ1n) is 38.1. The number of amides is 1. The van der Waals surface area contributed by atoms with Crippen molar-refractivity contribution in [3.05, 3.63) is 60.8 Å². The lowest BCUT2D eigenvalue weighted by atomic mass is 10.0. The zero-order valence-electron chi connectivity index (χ0n) is 57.1. The number of aliphatic hydroxyl groups is 2. The van der Waals surface area contributed by atoms with Crippen molar-refractivity contribution in [2.24, 2.45) is 0 Å². The molecule has 0 fully saturated rings. The van der Waals surface area contributed by atoms with Crippen LogP contribution in [0.2, 0.25) is 0 Å². The van der Waals surface area contributed by atoms with E-state index >= 15 is 0 Å². The van der Waals surface area contributed by atoms with E-state index in [4.69, 9.17) is 4.74 Å². The second-order valence-electron chi connectivity index (χ2n) is 26.0. The van der Waals surface area contributed by atoms with Crippen LogP contribution in [0.5, 0.6) is 0 Å². The number of unbranched alkanes of at least 4 members (excludes halogenated alkanes) is 52. The predicted octanol–water partition coefficient (Wildman–Crippen LogP) is 25.0. The first-order valence-corrected chi connectivity index (χ1v) is 38.1. The van der Waals surface area contributed by atoms with Crippen molar-refractivity contribution in [3.63, 3.8) is 0 Å². The highest BCUT2D eigenvalue weighted by molar-refractivity contribution is 5.76. The molecule has 6 nitrogen and oxygen atoms in total. The van der Waals surface area contributed by atoms with Crippen LogP contribution in [-0.4, -0.2) is 47.4 Å². The van der Waals surface area contributed by atoms with Gasteiger partial charge in [-0.05, 0) is 96.3 Å². The topological polar surface area (TPSA) is 95.9 Å². The summed E-state index contributed by atoms with van der Waals surface area (Å²) in [7, 11) is 0. The molecule has 498 valence electrons. The first-order chi connectivity index (χ1) is 42.0. The van der Waals surface area contributed by atoms with E-state index in [0.29, 0.717) is 19.4 Å². The van der Waals surface area contributed by atoms with Crippen molar-refractivity contribution >= 4 is 11.9 Å². The molecular formula is C79H147NO5. The molecule has 6 heteroatoms. The highest BCUT2D eigenvalue weighted by atomic mass is 16.5. The third-order valence-corrected chi connectivity index (χ3v) is 17.5. The van der Waals surface area contributed by atoms with E-state index in [-0.39, 0.29) is 18.5 Å². The number of aliphatic hydroxyl groups excluding tert-OH is 2. The SMILES string of the molecule is CCCCC/C=C\C/C=C\CCCCCCCC(=O)OCCCCCCCCCCCCCCC/C=C\C/C=C\CCCCCCCCCCCCCCCCCCCC(=O)NC(CO)C(O)/C=C/CCCCCCCCCCCCCCCC. The summed E-state index contributed by atoms with van der Waals surface area (Å²) in [5, 5.41) is 23.2. The Hall–Kier alpha value is -2.44. The Morgan fingerprint density at radius 3 is 0.918 bits per heavy atom. The van der Waals surface area contributed by atoms with Crippen LogP contribution in [0.3, 0.4) is 0 Å². The van der Waals surface area contributed by atoms with Gasteiger partial charge in [0.05, 0.1) is 25.4 Å². The zero-order valence-corrected chi connectivity index (χ0v) is 57.1. The van der Waals surface area contributed by atoms with Gasteiger partial charge in [-0.25, -0.2) is 0 Å². The van der Waals surface area contributed by atoms with E-state index in [1.807, 2.05) is 6.08 Å².